The van der Waals surface area contributed by atoms with Crippen molar-refractivity contribution in [1.82, 2.24) is 5.73 Å². The van der Waals surface area contributed by atoms with E-state index in [1.807, 2.05) is 0 Å². The normalized spacial score (nSPS) is 13.4. The Morgan fingerprint density at radius 3 is 2.29 bits per heavy atom. The van der Waals surface area contributed by atoms with Crippen molar-refractivity contribution in [3.05, 3.63) is 0 Å². The highest BCUT2D eigenvalue weighted by molar-refractivity contribution is 5.72. The van der Waals surface area contributed by atoms with Crippen LogP contribution >= 0.6 is 0 Å². The monoisotopic (exact) mass is 104 g/mol. The fraction of sp³-hybridized carbons (Fsp3) is 0.667. The number of aliphatic carboxylic acids is 1. The molecule has 0 aliphatic heterocycles. The highest BCUT2D eigenvalue weighted by Crippen LogP contribution is 1.74. The Bertz CT molecular complexity index is 72.6. The second-order valence-corrected chi connectivity index (χ2v) is 1.07. The molecule has 0 amide bonds. The van der Waals surface area contributed by atoms with Crippen molar-refractivity contribution in [1.29, 1.82) is 0 Å². The third-order valence-electron chi connectivity index (χ3n) is 0.481. The molecule has 0 rings (SSSR count). The molecule has 0 saturated heterocycles. The molecule has 7 heavy (non-hydrogen) atoms. The topological polar surface area (TPSA) is 81.3 Å². The van der Waals surface area contributed by atoms with Crippen molar-refractivity contribution in [3.63, 3.8) is 0 Å². The molecule has 0 aliphatic carbocycles. The van der Waals surface area contributed by atoms with Gasteiger partial charge in [-0.15, -0.1) is 0 Å². The van der Waals surface area contributed by atoms with E-state index in [9.17, 15) is 4.79 Å². The molecule has 1 atom stereocenters. The van der Waals surface area contributed by atoms with Gasteiger partial charge >= 0.3 is 5.97 Å². The van der Waals surface area contributed by atoms with E-state index in [0.717, 1.165) is 0 Å². The molecular weight excluding hydrogens is 98.0 g/mol. The molecule has 0 aromatic rings. The van der Waals surface area contributed by atoms with E-state index in [1.54, 1.807) is 0 Å². The molecule has 3 N–H and O–H groups in total. The molecule has 0 spiro atoms. The van der Waals surface area contributed by atoms with E-state index in [1.165, 1.54) is 0 Å². The number of carbonyl (C=O) groups is 1. The van der Waals surface area contributed by atoms with E-state index in [2.05, 4.69) is 0 Å². The molecule has 0 bridgehead atoms. The van der Waals surface area contributed by atoms with Crippen molar-refractivity contribution < 1.29 is 15.0 Å². The maximum Gasteiger partial charge on any atom is 0.324 e. The minimum Gasteiger partial charge on any atom is -0.480 e. The average Bonchev–Trinajstić information content (AvgIpc) is 1.65. The summed E-state index contributed by atoms with van der Waals surface area (Å²) in [5, 5.41) is 15.8. The molecule has 0 unspecified atom stereocenters. The van der Waals surface area contributed by atoms with Gasteiger partial charge in [-0.05, 0) is 0 Å². The zero-order valence-electron chi connectivity index (χ0n) is 3.59. The Balaban J connectivity index is 3.34. The predicted molar refractivity (Wildman–Crippen MR) is 21.6 cm³/mol. The largest absolute Gasteiger partial charge is 0.480 e. The molecule has 4 heteroatoms. The van der Waals surface area contributed by atoms with Gasteiger partial charge in [0.05, 0.1) is 6.61 Å². The summed E-state index contributed by atoms with van der Waals surface area (Å²) in [6, 6.07) is -1.38. The Kier molecular flexibility index (Phi) is 2.32. The number of aliphatic hydroxyl groups is 1. The Hall–Kier alpha value is -0.610. The quantitative estimate of drug-likeness (QED) is 0.457. The lowest BCUT2D eigenvalue weighted by molar-refractivity contribution is -0.139. The van der Waals surface area contributed by atoms with Gasteiger partial charge in [-0.3, -0.25) is 4.79 Å². The van der Waals surface area contributed by atoms with Crippen LogP contribution in [0.5, 0.6) is 0 Å². The maximum absolute atomic E-state index is 9.58. The summed E-state index contributed by atoms with van der Waals surface area (Å²) in [6.45, 7) is -0.616. The number of carboxylic acid groups (broad SMARTS) is 1. The highest BCUT2D eigenvalue weighted by atomic mass is 16.4. The molecule has 0 heterocycles. The van der Waals surface area contributed by atoms with Crippen LogP contribution in [0.1, 0.15) is 0 Å². The molecular formula is C3H6NO3. The van der Waals surface area contributed by atoms with Crippen molar-refractivity contribution in [2.75, 3.05) is 6.61 Å². The molecule has 0 saturated carbocycles. The summed E-state index contributed by atoms with van der Waals surface area (Å²) in [6.07, 6.45) is 0. The van der Waals surface area contributed by atoms with Gasteiger partial charge in [0.1, 0.15) is 6.04 Å². The lowest BCUT2D eigenvalue weighted by Crippen LogP contribution is -2.24. The first-order valence-corrected chi connectivity index (χ1v) is 1.73. The number of nitrogens with one attached hydrogen (secondary N) is 1. The lowest BCUT2D eigenvalue weighted by atomic mass is 10.3. The number of aliphatic hydroxyl groups excluding tert-OH is 1. The van der Waals surface area contributed by atoms with Crippen LogP contribution in [0, 0.1) is 0 Å². The first-order chi connectivity index (χ1) is 3.18. The van der Waals surface area contributed by atoms with Crippen molar-refractivity contribution in [2.45, 2.75) is 6.04 Å². The van der Waals surface area contributed by atoms with Crippen molar-refractivity contribution in [2.24, 2.45) is 0 Å². The van der Waals surface area contributed by atoms with Gasteiger partial charge < -0.3 is 10.2 Å². The van der Waals surface area contributed by atoms with Gasteiger partial charge in [0.15, 0.2) is 0 Å². The van der Waals surface area contributed by atoms with Gasteiger partial charge in [-0.1, -0.05) is 0 Å². The van der Waals surface area contributed by atoms with Crippen LogP contribution < -0.4 is 5.73 Å². The van der Waals surface area contributed by atoms with Gasteiger partial charge in [0.25, 0.3) is 0 Å². The fourth-order valence-corrected chi connectivity index (χ4v) is 0.0781. The van der Waals surface area contributed by atoms with E-state index < -0.39 is 18.6 Å². The van der Waals surface area contributed by atoms with Crippen LogP contribution in [-0.2, 0) is 4.79 Å². The number of rotatable bonds is 2. The first kappa shape index (κ1) is 6.39. The molecule has 0 aromatic heterocycles. The van der Waals surface area contributed by atoms with Crippen LogP contribution in [0.4, 0.5) is 0 Å². The van der Waals surface area contributed by atoms with Crippen molar-refractivity contribution in [3.8, 4) is 0 Å². The van der Waals surface area contributed by atoms with Crippen LogP contribution in [-0.4, -0.2) is 28.8 Å². The Morgan fingerprint density at radius 1 is 1.86 bits per heavy atom. The molecule has 4 nitrogen and oxygen atoms in total. The van der Waals surface area contributed by atoms with Crippen LogP contribution in [0.25, 0.3) is 0 Å². The zero-order valence-corrected chi connectivity index (χ0v) is 3.59. The van der Waals surface area contributed by atoms with E-state index >= 15 is 0 Å². The molecule has 0 fully saturated rings. The number of hydrogen-bond donors (Lipinski definition) is 2. The zero-order chi connectivity index (χ0) is 5.86. The van der Waals surface area contributed by atoms with Gasteiger partial charge in [-0.2, -0.15) is 0 Å². The lowest BCUT2D eigenvalue weighted by Gasteiger charge is -1.95. The molecule has 0 aromatic carbocycles. The number of hydrogen-bond acceptors (Lipinski definition) is 2. The summed E-state index contributed by atoms with van der Waals surface area (Å²) in [7, 11) is 0. The summed E-state index contributed by atoms with van der Waals surface area (Å²) in [5.41, 5.74) is 6.43. The van der Waals surface area contributed by atoms with E-state index in [0.29, 0.717) is 0 Å². The minimum absolute atomic E-state index is 0.616. The molecule has 0 aliphatic rings. The first-order valence-electron chi connectivity index (χ1n) is 1.73. The van der Waals surface area contributed by atoms with Crippen molar-refractivity contribution >= 4 is 5.97 Å². The minimum atomic E-state index is -1.38. The van der Waals surface area contributed by atoms with Gasteiger partial charge in [0, 0.05) is 0 Å². The summed E-state index contributed by atoms with van der Waals surface area (Å²) >= 11 is 0. The number of carboxylic acids is 1. The molecule has 1 radical (unpaired) electrons. The van der Waals surface area contributed by atoms with Crippen LogP contribution in [0.3, 0.4) is 0 Å². The van der Waals surface area contributed by atoms with Gasteiger partial charge in [-0.25, -0.2) is 5.73 Å². The second-order valence-electron chi connectivity index (χ2n) is 1.07. The smallest absolute Gasteiger partial charge is 0.324 e. The van der Waals surface area contributed by atoms with E-state index in [4.69, 9.17) is 15.9 Å². The summed E-state index contributed by atoms with van der Waals surface area (Å²) in [5.74, 6) is -1.29. The maximum atomic E-state index is 9.58. The third-order valence-corrected chi connectivity index (χ3v) is 0.481. The second kappa shape index (κ2) is 2.54. The highest BCUT2D eigenvalue weighted by Gasteiger charge is 2.08. The Labute approximate surface area is 40.6 Å². The molecule has 41 valence electrons. The Morgan fingerprint density at radius 2 is 2.29 bits per heavy atom. The summed E-state index contributed by atoms with van der Waals surface area (Å²) in [4.78, 5) is 9.58. The summed E-state index contributed by atoms with van der Waals surface area (Å²) < 4.78 is 0. The SMILES string of the molecule is [NH][C@@H](CO)C(=O)O. The van der Waals surface area contributed by atoms with Gasteiger partial charge in [0.2, 0.25) is 0 Å². The third kappa shape index (κ3) is 2.13. The predicted octanol–water partition coefficient (Wildman–Crippen LogP) is -1.29. The fourth-order valence-electron chi connectivity index (χ4n) is 0.0781. The van der Waals surface area contributed by atoms with Crippen LogP contribution in [0.15, 0.2) is 0 Å². The average molecular weight is 104 g/mol. The van der Waals surface area contributed by atoms with E-state index in [-0.39, 0.29) is 0 Å². The standard InChI is InChI=1S/C3H6NO3/c4-2(1-5)3(6)7/h2,4-5H,1H2,(H,6,7)/t2-/m0/s1. The van der Waals surface area contributed by atoms with Crippen LogP contribution in [0.2, 0.25) is 0 Å².